The summed E-state index contributed by atoms with van der Waals surface area (Å²) < 4.78 is 0. The molecule has 0 aliphatic heterocycles. The molecule has 0 spiro atoms. The number of aromatic carboxylic acids is 2. The second kappa shape index (κ2) is 21.6. The molecule has 0 bridgehead atoms. The summed E-state index contributed by atoms with van der Waals surface area (Å²) >= 11 is 0. The van der Waals surface area contributed by atoms with E-state index < -0.39 is 74.0 Å². The summed E-state index contributed by atoms with van der Waals surface area (Å²) in [4.78, 5) is 29.5. The number of carbonyl (C=O) groups excluding carboxylic acids is 2. The van der Waals surface area contributed by atoms with Gasteiger partial charge < -0.3 is 70.9 Å². The number of hydrogen-bond donors (Lipinski definition) is 10. The summed E-state index contributed by atoms with van der Waals surface area (Å²) in [5, 5.41) is 115. The molecule has 0 aromatic heterocycles. The van der Waals surface area contributed by atoms with Crippen LogP contribution in [0.5, 0.6) is 0 Å². The third kappa shape index (κ3) is 13.8. The molecule has 249 valence electrons. The second-order valence-corrected chi connectivity index (χ2v) is 9.30. The Hall–Kier alpha value is -3.16. The molecule has 10 N–H and O–H groups in total. The van der Waals surface area contributed by atoms with E-state index in [2.05, 4.69) is 9.98 Å². The molecule has 16 nitrogen and oxygen atoms in total. The number of carbonyl (C=O) groups is 2. The van der Waals surface area contributed by atoms with Crippen LogP contribution in [0.1, 0.15) is 33.6 Å². The van der Waals surface area contributed by atoms with Gasteiger partial charge in [-0.25, -0.2) is 0 Å². The third-order valence-electron chi connectivity index (χ3n) is 6.05. The van der Waals surface area contributed by atoms with E-state index in [0.717, 1.165) is 0 Å². The first-order valence-electron chi connectivity index (χ1n) is 13.1. The Balaban J connectivity index is 0.000000842. The van der Waals surface area contributed by atoms with Gasteiger partial charge >= 0.3 is 17.1 Å². The van der Waals surface area contributed by atoms with Crippen LogP contribution in [0.4, 0.5) is 11.4 Å². The van der Waals surface area contributed by atoms with Crippen LogP contribution in [0, 0.1) is 0 Å². The zero-order valence-electron chi connectivity index (χ0n) is 23.6. The Bertz CT molecular complexity index is 1140. The van der Waals surface area contributed by atoms with Crippen molar-refractivity contribution in [3.8, 4) is 0 Å². The van der Waals surface area contributed by atoms with Gasteiger partial charge in [0.15, 0.2) is 0 Å². The van der Waals surface area contributed by atoms with E-state index in [9.17, 15) is 50.4 Å². The van der Waals surface area contributed by atoms with Gasteiger partial charge in [0.2, 0.25) is 0 Å². The summed E-state index contributed by atoms with van der Waals surface area (Å²) in [5.41, 5.74) is 0.00862. The molecular formula is C28H36MnN2O14. The minimum Gasteiger partial charge on any atom is -0.545 e. The fraction of sp³-hybridized carbons (Fsp3) is 0.429. The molecule has 8 atom stereocenters. The average molecular weight is 680 g/mol. The molecule has 0 heterocycles. The van der Waals surface area contributed by atoms with Crippen LogP contribution in [0.25, 0.3) is 0 Å². The standard InChI is InChI=1S/2C14H19NO7.Mn/c2*16-7-11(18)13(20)12(19)10(17)5-6-15-9-4-2-1-3-8(9)14(21)22;/h2*1-4,6,10-13,16-20H,5,7H2,(H,21,22);/q;;+2/p-2/t2*10-,11+,12+,13+;/m00./s1. The van der Waals surface area contributed by atoms with E-state index in [1.165, 1.54) is 48.8 Å². The third-order valence-corrected chi connectivity index (χ3v) is 6.05. The van der Waals surface area contributed by atoms with Gasteiger partial charge in [-0.15, -0.1) is 0 Å². The number of carboxylic acid groups (broad SMARTS) is 2. The Morgan fingerprint density at radius 2 is 0.867 bits per heavy atom. The van der Waals surface area contributed by atoms with Crippen LogP contribution in [0.2, 0.25) is 0 Å². The molecule has 2 aromatic rings. The van der Waals surface area contributed by atoms with Crippen molar-refractivity contribution < 1.29 is 87.9 Å². The van der Waals surface area contributed by atoms with Crippen LogP contribution in [-0.2, 0) is 17.1 Å². The molecule has 0 saturated carbocycles. The SMILES string of the molecule is O=C([O-])c1ccccc1N=CC[C@H](O)[C@@H](O)[C@H](O)[C@H](O)CO.O=C([O-])c1ccccc1N=CC[C@H](O)[C@@H](O)[C@H](O)[C@H](O)CO.[Mn+2]. The monoisotopic (exact) mass is 679 g/mol. The molecule has 2 rings (SSSR count). The zero-order valence-corrected chi connectivity index (χ0v) is 24.8. The minimum absolute atomic E-state index is 0. The number of para-hydroxylation sites is 2. The summed E-state index contributed by atoms with van der Waals surface area (Å²) in [6, 6.07) is 11.7. The second-order valence-electron chi connectivity index (χ2n) is 9.30. The molecule has 0 amide bonds. The maximum atomic E-state index is 10.9. The fourth-order valence-corrected chi connectivity index (χ4v) is 3.44. The maximum absolute atomic E-state index is 10.9. The van der Waals surface area contributed by atoms with Crippen molar-refractivity contribution in [1.29, 1.82) is 0 Å². The smallest absolute Gasteiger partial charge is 0.545 e. The van der Waals surface area contributed by atoms with E-state index >= 15 is 0 Å². The van der Waals surface area contributed by atoms with Gasteiger partial charge in [-0.1, -0.05) is 36.4 Å². The Labute approximate surface area is 268 Å². The fourth-order valence-electron chi connectivity index (χ4n) is 3.44. The van der Waals surface area contributed by atoms with Crippen LogP contribution in [-0.4, -0.2) is 137 Å². The zero-order chi connectivity index (χ0) is 33.4. The Morgan fingerprint density at radius 1 is 0.578 bits per heavy atom. The molecule has 45 heavy (non-hydrogen) atoms. The molecule has 0 saturated heterocycles. The summed E-state index contributed by atoms with van der Waals surface area (Å²) in [6.45, 7) is -1.53. The quantitative estimate of drug-likeness (QED) is 0.0588. The first kappa shape index (κ1) is 41.8. The average Bonchev–Trinajstić information content (AvgIpc) is 3.02. The molecule has 2 aromatic carbocycles. The largest absolute Gasteiger partial charge is 2.00 e. The molecule has 0 aliphatic rings. The number of aliphatic imine (C=N–C) groups is 2. The van der Waals surface area contributed by atoms with Gasteiger partial charge in [-0.3, -0.25) is 9.98 Å². The van der Waals surface area contributed by atoms with E-state index in [0.29, 0.717) is 0 Å². The van der Waals surface area contributed by atoms with Crippen molar-refractivity contribution in [2.45, 2.75) is 61.7 Å². The van der Waals surface area contributed by atoms with E-state index in [1.807, 2.05) is 0 Å². The molecule has 0 unspecified atom stereocenters. The number of benzene rings is 2. The summed E-state index contributed by atoms with van der Waals surface area (Å²) in [5.74, 6) is -2.79. The van der Waals surface area contributed by atoms with E-state index in [1.54, 1.807) is 12.1 Å². The van der Waals surface area contributed by atoms with Crippen molar-refractivity contribution in [1.82, 2.24) is 0 Å². The number of hydrogen-bond acceptors (Lipinski definition) is 16. The van der Waals surface area contributed by atoms with Crippen LogP contribution >= 0.6 is 0 Å². The van der Waals surface area contributed by atoms with Crippen molar-refractivity contribution in [2.75, 3.05) is 13.2 Å². The van der Waals surface area contributed by atoms with E-state index in [-0.39, 0.29) is 52.4 Å². The number of rotatable bonds is 16. The molecule has 17 heteroatoms. The van der Waals surface area contributed by atoms with Crippen LogP contribution in [0.3, 0.4) is 0 Å². The minimum atomic E-state index is -1.72. The van der Waals surface area contributed by atoms with Crippen LogP contribution < -0.4 is 10.2 Å². The van der Waals surface area contributed by atoms with Gasteiger partial charge in [0.05, 0.1) is 48.7 Å². The van der Waals surface area contributed by atoms with Crippen molar-refractivity contribution >= 4 is 35.7 Å². The first-order chi connectivity index (χ1) is 20.8. The molecular weight excluding hydrogens is 643 g/mol. The maximum Gasteiger partial charge on any atom is 2.00 e. The number of aliphatic hydroxyl groups excluding tert-OH is 10. The molecule has 0 aliphatic carbocycles. The summed E-state index contributed by atoms with van der Waals surface area (Å²) in [7, 11) is 0. The van der Waals surface area contributed by atoms with Crippen LogP contribution in [0.15, 0.2) is 58.5 Å². The van der Waals surface area contributed by atoms with Crippen molar-refractivity contribution in [3.05, 3.63) is 59.7 Å². The van der Waals surface area contributed by atoms with E-state index in [4.69, 9.17) is 20.4 Å². The van der Waals surface area contributed by atoms with Gasteiger partial charge in [-0.05, 0) is 12.1 Å². The first-order valence-corrected chi connectivity index (χ1v) is 13.1. The topological polar surface area (TPSA) is 307 Å². The number of nitrogens with zero attached hydrogens (tertiary/aromatic N) is 2. The Kier molecular flexibility index (Phi) is 20.0. The Morgan fingerprint density at radius 3 is 1.16 bits per heavy atom. The van der Waals surface area contributed by atoms with Gasteiger partial charge in [0, 0.05) is 36.4 Å². The number of aliphatic hydroxyl groups is 10. The number of carboxylic acids is 2. The van der Waals surface area contributed by atoms with Gasteiger partial charge in [0.1, 0.15) is 36.6 Å². The molecule has 1 radical (unpaired) electrons. The van der Waals surface area contributed by atoms with Crippen molar-refractivity contribution in [2.24, 2.45) is 9.98 Å². The van der Waals surface area contributed by atoms with Crippen molar-refractivity contribution in [3.63, 3.8) is 0 Å². The summed E-state index contributed by atoms with van der Waals surface area (Å²) in [6.07, 6.45) is -10.9. The predicted molar refractivity (Wildman–Crippen MR) is 149 cm³/mol. The van der Waals surface area contributed by atoms with Gasteiger partial charge in [-0.2, -0.15) is 0 Å². The molecule has 0 fully saturated rings. The normalized spacial score (nSPS) is 16.8. The predicted octanol–water partition coefficient (Wildman–Crippen LogP) is -4.85. The van der Waals surface area contributed by atoms with Gasteiger partial charge in [0.25, 0.3) is 0 Å².